The van der Waals surface area contributed by atoms with Crippen molar-refractivity contribution < 1.29 is 9.53 Å². The van der Waals surface area contributed by atoms with E-state index < -0.39 is 5.41 Å². The molecule has 0 saturated carbocycles. The summed E-state index contributed by atoms with van der Waals surface area (Å²) in [5, 5.41) is 3.18. The summed E-state index contributed by atoms with van der Waals surface area (Å²) in [6.07, 6.45) is 0. The molecule has 3 aromatic carbocycles. The van der Waals surface area contributed by atoms with Crippen LogP contribution in [0.3, 0.4) is 0 Å². The molecule has 3 heteroatoms. The molecule has 1 heterocycles. The van der Waals surface area contributed by atoms with Gasteiger partial charge in [-0.3, -0.25) is 4.79 Å². The lowest BCUT2D eigenvalue weighted by Crippen LogP contribution is -2.40. The van der Waals surface area contributed by atoms with Crippen molar-refractivity contribution in [2.75, 3.05) is 13.2 Å². The largest absolute Gasteiger partial charge is 0.463 e. The lowest BCUT2D eigenvalue weighted by atomic mass is 9.69. The van der Waals surface area contributed by atoms with E-state index in [0.717, 1.165) is 23.2 Å². The van der Waals surface area contributed by atoms with Crippen LogP contribution in [0.25, 0.3) is 0 Å². The van der Waals surface area contributed by atoms with Crippen molar-refractivity contribution in [3.05, 3.63) is 108 Å². The van der Waals surface area contributed by atoms with Gasteiger partial charge < -0.3 is 10.1 Å². The van der Waals surface area contributed by atoms with Crippen molar-refractivity contribution in [2.45, 2.75) is 11.5 Å². The molecule has 4 rings (SSSR count). The van der Waals surface area contributed by atoms with E-state index in [1.165, 1.54) is 0 Å². The topological polar surface area (TPSA) is 48.2 Å². The third kappa shape index (κ3) is 3.02. The lowest BCUT2D eigenvalue weighted by molar-refractivity contribution is -0.147. The second kappa shape index (κ2) is 7.14. The fourth-order valence-corrected chi connectivity index (χ4v) is 3.40. The van der Waals surface area contributed by atoms with Crippen LogP contribution in [0, 0.1) is 0 Å². The van der Waals surface area contributed by atoms with Crippen LogP contribution < -0.4 is 5.32 Å². The van der Waals surface area contributed by atoms with Gasteiger partial charge >= 0.3 is 5.97 Å². The SMILES string of the molecule is O=C(OCC1CN1)C(c1ccccc1)(c1ccccc1)c1ccccc1. The highest BCUT2D eigenvalue weighted by Crippen LogP contribution is 2.40. The minimum absolute atomic E-state index is 0.241. The standard InChI is InChI=1S/C23H21NO2/c25-22(26-17-21-16-24-21)23(18-10-4-1-5-11-18,19-12-6-2-7-13-19)20-14-8-3-9-15-20/h1-15,21,24H,16-17H2. The maximum atomic E-state index is 13.5. The van der Waals surface area contributed by atoms with Gasteiger partial charge in [0.25, 0.3) is 0 Å². The van der Waals surface area contributed by atoms with Crippen molar-refractivity contribution in [2.24, 2.45) is 0 Å². The molecular weight excluding hydrogens is 322 g/mol. The monoisotopic (exact) mass is 343 g/mol. The molecule has 130 valence electrons. The number of hydrogen-bond donors (Lipinski definition) is 1. The van der Waals surface area contributed by atoms with Crippen molar-refractivity contribution in [3.63, 3.8) is 0 Å². The van der Waals surface area contributed by atoms with Crippen LogP contribution in [0.5, 0.6) is 0 Å². The van der Waals surface area contributed by atoms with E-state index >= 15 is 0 Å². The summed E-state index contributed by atoms with van der Waals surface area (Å²) in [7, 11) is 0. The Bertz CT molecular complexity index is 762. The minimum Gasteiger partial charge on any atom is -0.463 e. The number of hydrogen-bond acceptors (Lipinski definition) is 3. The Labute approximate surface area is 153 Å². The highest BCUT2D eigenvalue weighted by Gasteiger charge is 2.45. The quantitative estimate of drug-likeness (QED) is 0.423. The molecule has 26 heavy (non-hydrogen) atoms. The summed E-state index contributed by atoms with van der Waals surface area (Å²) in [5.41, 5.74) is 1.74. The molecule has 1 aliphatic rings. The van der Waals surface area contributed by atoms with E-state index in [1.807, 2.05) is 91.0 Å². The van der Waals surface area contributed by atoms with Gasteiger partial charge in [-0.25, -0.2) is 0 Å². The first-order chi connectivity index (χ1) is 12.8. The summed E-state index contributed by atoms with van der Waals surface area (Å²) >= 11 is 0. The predicted molar refractivity (Wildman–Crippen MR) is 102 cm³/mol. The Morgan fingerprint density at radius 1 is 0.808 bits per heavy atom. The van der Waals surface area contributed by atoms with Gasteiger partial charge in [0.2, 0.25) is 0 Å². The molecule has 0 amide bonds. The molecule has 0 aromatic heterocycles. The van der Waals surface area contributed by atoms with Crippen LogP contribution in [0.4, 0.5) is 0 Å². The lowest BCUT2D eigenvalue weighted by Gasteiger charge is -2.33. The number of carbonyl (C=O) groups is 1. The van der Waals surface area contributed by atoms with Gasteiger partial charge in [0.05, 0.1) is 6.04 Å². The normalized spacial score (nSPS) is 16.1. The molecule has 1 saturated heterocycles. The van der Waals surface area contributed by atoms with Crippen LogP contribution in [0.1, 0.15) is 16.7 Å². The van der Waals surface area contributed by atoms with Crippen LogP contribution >= 0.6 is 0 Å². The van der Waals surface area contributed by atoms with Crippen molar-refractivity contribution in [1.82, 2.24) is 5.32 Å². The Morgan fingerprint density at radius 2 is 1.19 bits per heavy atom. The second-order valence-electron chi connectivity index (χ2n) is 6.55. The van der Waals surface area contributed by atoms with Crippen molar-refractivity contribution in [3.8, 4) is 0 Å². The molecule has 0 radical (unpaired) electrons. The average molecular weight is 343 g/mol. The number of esters is 1. The van der Waals surface area contributed by atoms with Crippen LogP contribution in [-0.2, 0) is 14.9 Å². The Kier molecular flexibility index (Phi) is 4.55. The molecule has 3 aromatic rings. The van der Waals surface area contributed by atoms with Gasteiger partial charge in [-0.1, -0.05) is 91.0 Å². The van der Waals surface area contributed by atoms with E-state index in [-0.39, 0.29) is 12.0 Å². The van der Waals surface area contributed by atoms with Gasteiger partial charge in [-0.15, -0.1) is 0 Å². The first kappa shape index (κ1) is 16.6. The summed E-state index contributed by atoms with van der Waals surface area (Å²) in [4.78, 5) is 13.5. The molecular formula is C23H21NO2. The molecule has 0 aliphatic carbocycles. The molecule has 1 aliphatic heterocycles. The van der Waals surface area contributed by atoms with Gasteiger partial charge in [0, 0.05) is 6.54 Å². The van der Waals surface area contributed by atoms with E-state index in [9.17, 15) is 4.79 Å². The van der Waals surface area contributed by atoms with E-state index in [1.54, 1.807) is 0 Å². The van der Waals surface area contributed by atoms with E-state index in [2.05, 4.69) is 5.32 Å². The minimum atomic E-state index is -0.987. The number of benzene rings is 3. The smallest absolute Gasteiger partial charge is 0.325 e. The van der Waals surface area contributed by atoms with E-state index in [4.69, 9.17) is 4.74 Å². The molecule has 0 bridgehead atoms. The van der Waals surface area contributed by atoms with Crippen molar-refractivity contribution in [1.29, 1.82) is 0 Å². The first-order valence-electron chi connectivity index (χ1n) is 8.89. The Balaban J connectivity index is 1.92. The summed E-state index contributed by atoms with van der Waals surface area (Å²) in [5.74, 6) is -0.241. The number of rotatable bonds is 6. The van der Waals surface area contributed by atoms with Gasteiger partial charge in [0.15, 0.2) is 0 Å². The third-order valence-electron chi connectivity index (χ3n) is 4.84. The highest BCUT2D eigenvalue weighted by atomic mass is 16.5. The van der Waals surface area contributed by atoms with Crippen LogP contribution in [0.15, 0.2) is 91.0 Å². The fraction of sp³-hybridized carbons (Fsp3) is 0.174. The zero-order valence-corrected chi connectivity index (χ0v) is 14.5. The molecule has 3 nitrogen and oxygen atoms in total. The molecule has 1 N–H and O–H groups in total. The zero-order valence-electron chi connectivity index (χ0n) is 14.5. The summed E-state index contributed by atoms with van der Waals surface area (Å²) < 4.78 is 5.79. The third-order valence-corrected chi connectivity index (χ3v) is 4.84. The Hall–Kier alpha value is -2.91. The van der Waals surface area contributed by atoms with Gasteiger partial charge in [0.1, 0.15) is 12.0 Å². The van der Waals surface area contributed by atoms with E-state index in [0.29, 0.717) is 6.61 Å². The zero-order chi connectivity index (χ0) is 17.8. The maximum absolute atomic E-state index is 13.5. The van der Waals surface area contributed by atoms with Crippen molar-refractivity contribution >= 4 is 5.97 Å². The summed E-state index contributed by atoms with van der Waals surface area (Å²) in [6, 6.07) is 29.9. The molecule has 1 fully saturated rings. The van der Waals surface area contributed by atoms with Gasteiger partial charge in [-0.05, 0) is 16.7 Å². The number of ether oxygens (including phenoxy) is 1. The molecule has 1 atom stereocenters. The Morgan fingerprint density at radius 3 is 1.54 bits per heavy atom. The van der Waals surface area contributed by atoms with Crippen LogP contribution in [0.2, 0.25) is 0 Å². The number of nitrogens with one attached hydrogen (secondary N) is 1. The molecule has 1 unspecified atom stereocenters. The second-order valence-corrected chi connectivity index (χ2v) is 6.55. The van der Waals surface area contributed by atoms with Gasteiger partial charge in [-0.2, -0.15) is 0 Å². The van der Waals surface area contributed by atoms with Crippen LogP contribution in [-0.4, -0.2) is 25.2 Å². The maximum Gasteiger partial charge on any atom is 0.325 e. The predicted octanol–water partition coefficient (Wildman–Crippen LogP) is 3.54. The average Bonchev–Trinajstić information content (AvgIpc) is 3.54. The molecule has 0 spiro atoms. The first-order valence-corrected chi connectivity index (χ1v) is 8.89. The fourth-order valence-electron chi connectivity index (χ4n) is 3.40. The summed E-state index contributed by atoms with van der Waals surface area (Å²) in [6.45, 7) is 1.30. The number of carbonyl (C=O) groups excluding carboxylic acids is 1. The highest BCUT2D eigenvalue weighted by molar-refractivity contribution is 5.92.